The fourth-order valence-corrected chi connectivity index (χ4v) is 2.42. The predicted molar refractivity (Wildman–Crippen MR) is 67.5 cm³/mol. The molecule has 84 valence electrons. The number of hydrogen-bond acceptors (Lipinski definition) is 2. The molecular formula is C13H14FNS. The molecular weight excluding hydrogens is 221 g/mol. The first-order chi connectivity index (χ1) is 7.65. The lowest BCUT2D eigenvalue weighted by molar-refractivity contribution is 0.627. The molecule has 1 aromatic carbocycles. The molecule has 0 amide bonds. The van der Waals surface area contributed by atoms with Gasteiger partial charge in [-0.1, -0.05) is 0 Å². The molecule has 2 rings (SSSR count). The van der Waals surface area contributed by atoms with E-state index in [2.05, 4.69) is 24.4 Å². The van der Waals surface area contributed by atoms with Gasteiger partial charge in [0.05, 0.1) is 0 Å². The molecule has 0 unspecified atom stereocenters. The van der Waals surface area contributed by atoms with E-state index < -0.39 is 0 Å². The van der Waals surface area contributed by atoms with Gasteiger partial charge in [0.25, 0.3) is 0 Å². The molecule has 1 aromatic heterocycles. The number of hydrogen-bond donors (Lipinski definition) is 1. The van der Waals surface area contributed by atoms with E-state index in [1.807, 2.05) is 6.92 Å². The average Bonchev–Trinajstić information content (AvgIpc) is 2.63. The van der Waals surface area contributed by atoms with E-state index >= 15 is 0 Å². The maximum Gasteiger partial charge on any atom is 0.123 e. The summed E-state index contributed by atoms with van der Waals surface area (Å²) in [7, 11) is 0. The van der Waals surface area contributed by atoms with Crippen molar-refractivity contribution >= 4 is 17.0 Å². The summed E-state index contributed by atoms with van der Waals surface area (Å²) in [5.74, 6) is -0.185. The highest BCUT2D eigenvalue weighted by Gasteiger charge is 2.01. The first kappa shape index (κ1) is 11.1. The van der Waals surface area contributed by atoms with Gasteiger partial charge in [-0.3, -0.25) is 0 Å². The highest BCUT2D eigenvalue weighted by Crippen LogP contribution is 2.19. The van der Waals surface area contributed by atoms with Crippen LogP contribution in [0.15, 0.2) is 30.3 Å². The lowest BCUT2D eigenvalue weighted by Gasteiger charge is -2.08. The van der Waals surface area contributed by atoms with Crippen molar-refractivity contribution in [2.45, 2.75) is 20.4 Å². The smallest absolute Gasteiger partial charge is 0.123 e. The lowest BCUT2D eigenvalue weighted by Crippen LogP contribution is -1.99. The number of aryl methyl sites for hydroxylation is 2. The number of halogens is 1. The van der Waals surface area contributed by atoms with Crippen molar-refractivity contribution in [1.29, 1.82) is 0 Å². The SMILES string of the molecule is Cc1ccc(CNc2ccc(F)cc2C)s1. The Bertz CT molecular complexity index is 490. The predicted octanol–water partition coefficient (Wildman–Crippen LogP) is 4.12. The normalized spacial score (nSPS) is 10.4. The van der Waals surface area contributed by atoms with E-state index in [0.29, 0.717) is 0 Å². The number of benzene rings is 1. The second kappa shape index (κ2) is 4.66. The first-order valence-corrected chi connectivity index (χ1v) is 6.02. The van der Waals surface area contributed by atoms with E-state index in [1.54, 1.807) is 23.5 Å². The second-order valence-corrected chi connectivity index (χ2v) is 5.20. The van der Waals surface area contributed by atoms with E-state index in [9.17, 15) is 4.39 Å². The van der Waals surface area contributed by atoms with Crippen LogP contribution < -0.4 is 5.32 Å². The Morgan fingerprint density at radius 2 is 2.00 bits per heavy atom. The molecule has 3 heteroatoms. The fraction of sp³-hybridized carbons (Fsp3) is 0.231. The summed E-state index contributed by atoms with van der Waals surface area (Å²) in [6, 6.07) is 9.03. The van der Waals surface area contributed by atoms with Gasteiger partial charge in [-0.15, -0.1) is 11.3 Å². The van der Waals surface area contributed by atoms with Crippen molar-refractivity contribution in [1.82, 2.24) is 0 Å². The molecule has 0 saturated heterocycles. The fourth-order valence-electron chi connectivity index (χ4n) is 1.59. The van der Waals surface area contributed by atoms with Gasteiger partial charge in [0.1, 0.15) is 5.82 Å². The van der Waals surface area contributed by atoms with Crippen molar-refractivity contribution in [2.75, 3.05) is 5.32 Å². The lowest BCUT2D eigenvalue weighted by atomic mass is 10.2. The van der Waals surface area contributed by atoms with Crippen LogP contribution in [0.5, 0.6) is 0 Å². The zero-order chi connectivity index (χ0) is 11.5. The Labute approximate surface area is 98.9 Å². The van der Waals surface area contributed by atoms with Crippen LogP contribution in [-0.4, -0.2) is 0 Å². The third kappa shape index (κ3) is 2.61. The van der Waals surface area contributed by atoms with E-state index in [-0.39, 0.29) is 5.82 Å². The van der Waals surface area contributed by atoms with E-state index in [4.69, 9.17) is 0 Å². The first-order valence-electron chi connectivity index (χ1n) is 5.20. The minimum Gasteiger partial charge on any atom is -0.380 e. The summed E-state index contributed by atoms with van der Waals surface area (Å²) < 4.78 is 12.9. The van der Waals surface area contributed by atoms with Gasteiger partial charge < -0.3 is 5.32 Å². The highest BCUT2D eigenvalue weighted by molar-refractivity contribution is 7.11. The topological polar surface area (TPSA) is 12.0 Å². The van der Waals surface area contributed by atoms with Crippen LogP contribution in [0.4, 0.5) is 10.1 Å². The molecule has 0 aliphatic carbocycles. The molecule has 0 spiro atoms. The van der Waals surface area contributed by atoms with Crippen LogP contribution in [0, 0.1) is 19.7 Å². The molecule has 0 aliphatic rings. The molecule has 0 aliphatic heterocycles. The van der Waals surface area contributed by atoms with Gasteiger partial charge in [0.15, 0.2) is 0 Å². The summed E-state index contributed by atoms with van der Waals surface area (Å²) in [6.07, 6.45) is 0. The van der Waals surface area contributed by atoms with Crippen molar-refractivity contribution in [3.63, 3.8) is 0 Å². The zero-order valence-corrected chi connectivity index (χ0v) is 10.2. The molecule has 0 fully saturated rings. The van der Waals surface area contributed by atoms with Crippen molar-refractivity contribution in [3.8, 4) is 0 Å². The van der Waals surface area contributed by atoms with E-state index in [0.717, 1.165) is 17.8 Å². The van der Waals surface area contributed by atoms with Crippen LogP contribution >= 0.6 is 11.3 Å². The zero-order valence-electron chi connectivity index (χ0n) is 9.38. The summed E-state index contributed by atoms with van der Waals surface area (Å²) in [4.78, 5) is 2.61. The molecule has 0 radical (unpaired) electrons. The van der Waals surface area contributed by atoms with Gasteiger partial charge in [0, 0.05) is 22.0 Å². The Morgan fingerprint density at radius 1 is 1.19 bits per heavy atom. The molecule has 1 N–H and O–H groups in total. The summed E-state index contributed by atoms with van der Waals surface area (Å²) >= 11 is 1.78. The molecule has 0 atom stereocenters. The molecule has 0 bridgehead atoms. The maximum absolute atomic E-state index is 12.9. The summed E-state index contributed by atoms with van der Waals surface area (Å²) in [5, 5.41) is 3.31. The second-order valence-electron chi connectivity index (χ2n) is 3.83. The van der Waals surface area contributed by atoms with Gasteiger partial charge in [-0.2, -0.15) is 0 Å². The van der Waals surface area contributed by atoms with Gasteiger partial charge >= 0.3 is 0 Å². The highest BCUT2D eigenvalue weighted by atomic mass is 32.1. The minimum absolute atomic E-state index is 0.185. The van der Waals surface area contributed by atoms with Gasteiger partial charge in [0.2, 0.25) is 0 Å². The monoisotopic (exact) mass is 235 g/mol. The molecule has 16 heavy (non-hydrogen) atoms. The Hall–Kier alpha value is -1.35. The van der Waals surface area contributed by atoms with Crippen LogP contribution in [0.2, 0.25) is 0 Å². The van der Waals surface area contributed by atoms with Crippen LogP contribution in [0.3, 0.4) is 0 Å². The minimum atomic E-state index is -0.185. The number of nitrogens with one attached hydrogen (secondary N) is 1. The average molecular weight is 235 g/mol. The van der Waals surface area contributed by atoms with Gasteiger partial charge in [-0.05, 0) is 49.7 Å². The van der Waals surface area contributed by atoms with Crippen molar-refractivity contribution in [2.24, 2.45) is 0 Å². The Kier molecular flexibility index (Phi) is 3.25. The largest absolute Gasteiger partial charge is 0.380 e. The standard InChI is InChI=1S/C13H14FNS/c1-9-7-11(14)4-6-13(9)15-8-12-5-3-10(2)16-12/h3-7,15H,8H2,1-2H3. The third-order valence-electron chi connectivity index (χ3n) is 2.44. The Balaban J connectivity index is 2.04. The maximum atomic E-state index is 12.9. The quantitative estimate of drug-likeness (QED) is 0.844. The number of anilines is 1. The van der Waals surface area contributed by atoms with Crippen LogP contribution in [0.25, 0.3) is 0 Å². The molecule has 2 aromatic rings. The summed E-state index contributed by atoms with van der Waals surface area (Å²) in [5.41, 5.74) is 1.93. The van der Waals surface area contributed by atoms with Crippen molar-refractivity contribution in [3.05, 3.63) is 51.5 Å². The Morgan fingerprint density at radius 3 is 2.62 bits per heavy atom. The molecule has 1 heterocycles. The number of thiophene rings is 1. The number of rotatable bonds is 3. The molecule has 1 nitrogen and oxygen atoms in total. The van der Waals surface area contributed by atoms with E-state index in [1.165, 1.54) is 15.8 Å². The van der Waals surface area contributed by atoms with Crippen LogP contribution in [0.1, 0.15) is 15.3 Å². The molecule has 0 saturated carbocycles. The van der Waals surface area contributed by atoms with Crippen molar-refractivity contribution < 1.29 is 4.39 Å². The van der Waals surface area contributed by atoms with Gasteiger partial charge in [-0.25, -0.2) is 4.39 Å². The van der Waals surface area contributed by atoms with Crippen LogP contribution in [-0.2, 0) is 6.54 Å². The third-order valence-corrected chi connectivity index (χ3v) is 3.44. The summed E-state index contributed by atoms with van der Waals surface area (Å²) in [6.45, 7) is 4.80.